The summed E-state index contributed by atoms with van der Waals surface area (Å²) in [6.45, 7) is 6.22. The molecule has 3 rings (SSSR count). The predicted octanol–water partition coefficient (Wildman–Crippen LogP) is 2.31. The van der Waals surface area contributed by atoms with E-state index in [1.165, 1.54) is 5.56 Å². The summed E-state index contributed by atoms with van der Waals surface area (Å²) in [7, 11) is 2.16. The molecule has 2 heterocycles. The number of hydrogen-bond acceptors (Lipinski definition) is 4. The van der Waals surface area contributed by atoms with Gasteiger partial charge in [-0.3, -0.25) is 4.40 Å². The van der Waals surface area contributed by atoms with Crippen molar-refractivity contribution in [2.45, 2.75) is 26.4 Å². The van der Waals surface area contributed by atoms with Crippen molar-refractivity contribution in [2.75, 3.05) is 26.7 Å². The van der Waals surface area contributed by atoms with Gasteiger partial charge in [-0.05, 0) is 44.6 Å². The number of hydrogen-bond donors (Lipinski definition) is 2. The van der Waals surface area contributed by atoms with Crippen molar-refractivity contribution in [3.05, 3.63) is 66.1 Å². The van der Waals surface area contributed by atoms with Crippen LogP contribution in [-0.2, 0) is 13.1 Å². The van der Waals surface area contributed by atoms with Gasteiger partial charge in [0, 0.05) is 25.8 Å². The Labute approximate surface area is 166 Å². The van der Waals surface area contributed by atoms with Gasteiger partial charge >= 0.3 is 0 Å². The van der Waals surface area contributed by atoms with Crippen LogP contribution in [0.25, 0.3) is 5.65 Å². The summed E-state index contributed by atoms with van der Waals surface area (Å²) >= 11 is 0. The molecule has 2 aromatic heterocycles. The first-order valence-corrected chi connectivity index (χ1v) is 9.79. The van der Waals surface area contributed by atoms with Crippen LogP contribution in [0.15, 0.2) is 59.7 Å². The average molecular weight is 380 g/mol. The van der Waals surface area contributed by atoms with Gasteiger partial charge in [-0.15, -0.1) is 10.2 Å². The molecule has 3 aromatic rings. The van der Waals surface area contributed by atoms with Gasteiger partial charge in [-0.2, -0.15) is 0 Å². The molecule has 0 radical (unpaired) electrons. The topological polar surface area (TPSA) is 69.8 Å². The van der Waals surface area contributed by atoms with Crippen molar-refractivity contribution in [3.8, 4) is 0 Å². The minimum atomic E-state index is 0.481. The first-order chi connectivity index (χ1) is 13.8. The smallest absolute Gasteiger partial charge is 0.191 e. The first kappa shape index (κ1) is 19.8. The zero-order valence-electron chi connectivity index (χ0n) is 16.7. The molecule has 0 aliphatic rings. The summed E-state index contributed by atoms with van der Waals surface area (Å²) in [6, 6.07) is 16.4. The molecule has 0 fully saturated rings. The number of benzene rings is 1. The van der Waals surface area contributed by atoms with Gasteiger partial charge in [-0.25, -0.2) is 4.99 Å². The average Bonchev–Trinajstić information content (AvgIpc) is 3.13. The summed E-state index contributed by atoms with van der Waals surface area (Å²) in [5.74, 6) is 1.64. The van der Waals surface area contributed by atoms with E-state index in [1.54, 1.807) is 0 Å². The Bertz CT molecular complexity index is 873. The fourth-order valence-corrected chi connectivity index (χ4v) is 3.02. The monoisotopic (exact) mass is 379 g/mol. The van der Waals surface area contributed by atoms with Gasteiger partial charge in [0.2, 0.25) is 0 Å². The van der Waals surface area contributed by atoms with Gasteiger partial charge in [-0.1, -0.05) is 36.4 Å². The van der Waals surface area contributed by atoms with Crippen LogP contribution in [0.5, 0.6) is 0 Å². The Morgan fingerprint density at radius 1 is 1.07 bits per heavy atom. The normalized spacial score (nSPS) is 11.9. The van der Waals surface area contributed by atoms with Crippen LogP contribution in [0.1, 0.15) is 24.7 Å². The second-order valence-corrected chi connectivity index (χ2v) is 6.74. The fraction of sp³-hybridized carbons (Fsp3) is 0.381. The van der Waals surface area contributed by atoms with Crippen LogP contribution in [0.2, 0.25) is 0 Å². The molecule has 0 amide bonds. The third-order valence-corrected chi connectivity index (χ3v) is 4.41. The highest BCUT2D eigenvalue weighted by Crippen LogP contribution is 2.04. The number of guanidine groups is 1. The van der Waals surface area contributed by atoms with E-state index in [2.05, 4.69) is 75.0 Å². The van der Waals surface area contributed by atoms with Gasteiger partial charge in [0.05, 0.1) is 0 Å². The van der Waals surface area contributed by atoms with Crippen LogP contribution in [0.3, 0.4) is 0 Å². The fourth-order valence-electron chi connectivity index (χ4n) is 3.02. The minimum absolute atomic E-state index is 0.481. The number of aliphatic imine (C=N–C) groups is 1. The molecular formula is C21H29N7. The predicted molar refractivity (Wildman–Crippen MR) is 113 cm³/mol. The van der Waals surface area contributed by atoms with E-state index in [9.17, 15) is 0 Å². The van der Waals surface area contributed by atoms with Crippen LogP contribution in [0, 0.1) is 0 Å². The highest BCUT2D eigenvalue weighted by atomic mass is 15.3. The highest BCUT2D eigenvalue weighted by molar-refractivity contribution is 5.79. The first-order valence-electron chi connectivity index (χ1n) is 9.79. The summed E-state index contributed by atoms with van der Waals surface area (Å²) < 4.78 is 1.96. The van der Waals surface area contributed by atoms with E-state index < -0.39 is 0 Å². The molecular weight excluding hydrogens is 350 g/mol. The SMILES string of the molecule is CCNC(=NCc1nnc2ccccn12)NCCCN(C)Cc1ccccc1. The number of aromatic nitrogens is 3. The standard InChI is InChI=1S/C21H29N7/c1-3-22-21(24-16-20-26-25-19-12-7-8-15-28(19)20)23-13-9-14-27(2)17-18-10-5-4-6-11-18/h4-8,10-12,15H,3,9,13-14,16-17H2,1-2H3,(H2,22,23,24). The number of nitrogens with one attached hydrogen (secondary N) is 2. The van der Waals surface area contributed by atoms with Gasteiger partial charge in [0.1, 0.15) is 6.54 Å². The van der Waals surface area contributed by atoms with E-state index in [1.807, 2.05) is 28.8 Å². The molecule has 0 aliphatic carbocycles. The molecule has 0 atom stereocenters. The zero-order valence-corrected chi connectivity index (χ0v) is 16.7. The summed E-state index contributed by atoms with van der Waals surface area (Å²) in [4.78, 5) is 6.98. The number of nitrogens with zero attached hydrogens (tertiary/aromatic N) is 5. The Balaban J connectivity index is 1.45. The van der Waals surface area contributed by atoms with Crippen molar-refractivity contribution in [3.63, 3.8) is 0 Å². The van der Waals surface area contributed by atoms with E-state index in [0.29, 0.717) is 6.54 Å². The molecule has 2 N–H and O–H groups in total. The number of pyridine rings is 1. The largest absolute Gasteiger partial charge is 0.357 e. The maximum Gasteiger partial charge on any atom is 0.191 e. The van der Waals surface area contributed by atoms with Crippen molar-refractivity contribution in [2.24, 2.45) is 4.99 Å². The molecule has 0 aliphatic heterocycles. The summed E-state index contributed by atoms with van der Waals surface area (Å²) in [5.41, 5.74) is 2.18. The van der Waals surface area contributed by atoms with E-state index in [-0.39, 0.29) is 0 Å². The molecule has 28 heavy (non-hydrogen) atoms. The van der Waals surface area contributed by atoms with Crippen LogP contribution < -0.4 is 10.6 Å². The third kappa shape index (κ3) is 5.79. The van der Waals surface area contributed by atoms with Crippen molar-refractivity contribution < 1.29 is 0 Å². The van der Waals surface area contributed by atoms with Crippen LogP contribution in [0.4, 0.5) is 0 Å². The van der Waals surface area contributed by atoms with E-state index in [4.69, 9.17) is 0 Å². The number of fused-ring (bicyclic) bond motifs is 1. The maximum atomic E-state index is 4.65. The molecule has 0 saturated heterocycles. The Morgan fingerprint density at radius 3 is 2.71 bits per heavy atom. The Morgan fingerprint density at radius 2 is 1.89 bits per heavy atom. The third-order valence-electron chi connectivity index (χ3n) is 4.41. The molecule has 0 unspecified atom stereocenters. The highest BCUT2D eigenvalue weighted by Gasteiger charge is 2.05. The van der Waals surface area contributed by atoms with Crippen molar-refractivity contribution in [1.29, 1.82) is 0 Å². The molecule has 0 spiro atoms. The lowest BCUT2D eigenvalue weighted by Gasteiger charge is -2.17. The Kier molecular flexibility index (Phi) is 7.37. The number of rotatable bonds is 9. The lowest BCUT2D eigenvalue weighted by atomic mass is 10.2. The second kappa shape index (κ2) is 10.4. The summed E-state index contributed by atoms with van der Waals surface area (Å²) in [6.07, 6.45) is 3.00. The molecule has 7 heteroatoms. The molecule has 7 nitrogen and oxygen atoms in total. The van der Waals surface area contributed by atoms with E-state index in [0.717, 1.165) is 50.0 Å². The lowest BCUT2D eigenvalue weighted by molar-refractivity contribution is 0.322. The second-order valence-electron chi connectivity index (χ2n) is 6.74. The van der Waals surface area contributed by atoms with E-state index >= 15 is 0 Å². The van der Waals surface area contributed by atoms with Crippen molar-refractivity contribution in [1.82, 2.24) is 30.1 Å². The molecule has 0 saturated carbocycles. The van der Waals surface area contributed by atoms with Gasteiger partial charge < -0.3 is 15.5 Å². The zero-order chi connectivity index (χ0) is 19.6. The quantitative estimate of drug-likeness (QED) is 0.339. The molecule has 0 bridgehead atoms. The maximum absolute atomic E-state index is 4.65. The van der Waals surface area contributed by atoms with Gasteiger partial charge in [0.25, 0.3) is 0 Å². The van der Waals surface area contributed by atoms with Crippen LogP contribution >= 0.6 is 0 Å². The van der Waals surface area contributed by atoms with Crippen molar-refractivity contribution >= 4 is 11.6 Å². The van der Waals surface area contributed by atoms with Crippen LogP contribution in [-0.4, -0.2) is 52.1 Å². The van der Waals surface area contributed by atoms with Gasteiger partial charge in [0.15, 0.2) is 17.4 Å². The lowest BCUT2D eigenvalue weighted by Crippen LogP contribution is -2.38. The Hall–Kier alpha value is -2.93. The summed E-state index contributed by atoms with van der Waals surface area (Å²) in [5, 5.41) is 15.1. The molecule has 1 aromatic carbocycles. The minimum Gasteiger partial charge on any atom is -0.357 e. The molecule has 148 valence electrons.